The van der Waals surface area contributed by atoms with Crippen LogP contribution in [0, 0.1) is 14.9 Å². The summed E-state index contributed by atoms with van der Waals surface area (Å²) in [7, 11) is 0. The van der Waals surface area contributed by atoms with Crippen LogP contribution in [-0.2, 0) is 0 Å². The summed E-state index contributed by atoms with van der Waals surface area (Å²) in [6, 6.07) is 2.10. The summed E-state index contributed by atoms with van der Waals surface area (Å²) < 4.78 is 3.96. The van der Waals surface area contributed by atoms with Gasteiger partial charge in [-0.25, -0.2) is 9.67 Å². The first-order valence-corrected chi connectivity index (χ1v) is 6.16. The molecule has 1 aliphatic heterocycles. The molecule has 8 heteroatoms. The lowest BCUT2D eigenvalue weighted by molar-refractivity contribution is 0.435. The molecule has 0 radical (unpaired) electrons. The van der Waals surface area contributed by atoms with Gasteiger partial charge in [0, 0.05) is 11.9 Å². The Morgan fingerprint density at radius 1 is 1.65 bits per heavy atom. The molecule has 0 fully saturated rings. The summed E-state index contributed by atoms with van der Waals surface area (Å²) in [5, 5.41) is 13.3. The van der Waals surface area contributed by atoms with E-state index in [1.165, 1.54) is 4.31 Å². The van der Waals surface area contributed by atoms with Crippen molar-refractivity contribution in [3.63, 3.8) is 0 Å². The number of allylic oxidation sites excluding steroid dienone is 2. The van der Waals surface area contributed by atoms with E-state index in [2.05, 4.69) is 51.6 Å². The third-order valence-electron chi connectivity index (χ3n) is 2.31. The van der Waals surface area contributed by atoms with Gasteiger partial charge in [0.25, 0.3) is 0 Å². The van der Waals surface area contributed by atoms with Gasteiger partial charge in [-0.1, -0.05) is 12.8 Å². The standard InChI is InChI=1S/C9H9IN6S/c1-5-7(2-11)8(14-9(12)16(5)17)15-4-6(10)3-13-15/h3-4,9,17H,12H2,1H3. The Morgan fingerprint density at radius 2 is 2.35 bits per heavy atom. The maximum absolute atomic E-state index is 9.17. The van der Waals surface area contributed by atoms with E-state index in [-0.39, 0.29) is 0 Å². The summed E-state index contributed by atoms with van der Waals surface area (Å²) in [6.45, 7) is 1.77. The highest BCUT2D eigenvalue weighted by Gasteiger charge is 2.25. The number of thiol groups is 1. The molecule has 1 aromatic heterocycles. The molecule has 1 aliphatic rings. The van der Waals surface area contributed by atoms with Crippen LogP contribution in [0.3, 0.4) is 0 Å². The number of hydrogen-bond donors (Lipinski definition) is 2. The molecule has 17 heavy (non-hydrogen) atoms. The number of halogens is 1. The second-order valence-electron chi connectivity index (χ2n) is 3.39. The lowest BCUT2D eigenvalue weighted by Gasteiger charge is -2.28. The normalized spacial score (nSPS) is 20.3. The zero-order valence-corrected chi connectivity index (χ0v) is 11.9. The summed E-state index contributed by atoms with van der Waals surface area (Å²) >= 11 is 6.32. The molecular formula is C9H9IN6S. The minimum Gasteiger partial charge on any atom is -0.292 e. The van der Waals surface area contributed by atoms with Crippen LogP contribution >= 0.6 is 35.4 Å². The average molecular weight is 360 g/mol. The summed E-state index contributed by atoms with van der Waals surface area (Å²) in [5.74, 6) is 0.450. The number of aromatic nitrogens is 2. The summed E-state index contributed by atoms with van der Waals surface area (Å²) in [5.41, 5.74) is 6.88. The van der Waals surface area contributed by atoms with E-state index in [1.807, 2.05) is 0 Å². The van der Waals surface area contributed by atoms with Crippen molar-refractivity contribution >= 4 is 41.2 Å². The van der Waals surface area contributed by atoms with Crippen LogP contribution in [-0.4, -0.2) is 26.2 Å². The molecule has 0 bridgehead atoms. The Kier molecular flexibility index (Phi) is 3.41. The molecule has 1 atom stereocenters. The van der Waals surface area contributed by atoms with E-state index in [9.17, 15) is 5.26 Å². The molecule has 88 valence electrons. The van der Waals surface area contributed by atoms with Gasteiger partial charge >= 0.3 is 0 Å². The predicted molar refractivity (Wildman–Crippen MR) is 74.9 cm³/mol. The van der Waals surface area contributed by atoms with E-state index in [4.69, 9.17) is 5.73 Å². The predicted octanol–water partition coefficient (Wildman–Crippen LogP) is 0.935. The maximum atomic E-state index is 9.17. The van der Waals surface area contributed by atoms with Gasteiger partial charge in [-0.2, -0.15) is 10.4 Å². The summed E-state index contributed by atoms with van der Waals surface area (Å²) in [6.07, 6.45) is 2.85. The number of nitrogens with two attached hydrogens (primary N) is 1. The van der Waals surface area contributed by atoms with Crippen molar-refractivity contribution in [1.82, 2.24) is 14.1 Å². The molecular weight excluding hydrogens is 351 g/mol. The Morgan fingerprint density at radius 3 is 2.88 bits per heavy atom. The SMILES string of the molecule is CC1=C(C#N)C(n2cc(I)cn2)=NC(N)N1S. The first kappa shape index (κ1) is 12.4. The molecule has 1 unspecified atom stereocenters. The topological polar surface area (TPSA) is 83.2 Å². The highest BCUT2D eigenvalue weighted by molar-refractivity contribution is 14.1. The monoisotopic (exact) mass is 360 g/mol. The van der Waals surface area contributed by atoms with E-state index in [1.54, 1.807) is 24.0 Å². The van der Waals surface area contributed by atoms with Crippen molar-refractivity contribution < 1.29 is 0 Å². The minimum atomic E-state index is -0.618. The van der Waals surface area contributed by atoms with Crippen LogP contribution in [0.15, 0.2) is 28.7 Å². The first-order valence-electron chi connectivity index (χ1n) is 4.68. The van der Waals surface area contributed by atoms with E-state index in [0.29, 0.717) is 17.1 Å². The average Bonchev–Trinajstić information content (AvgIpc) is 2.72. The van der Waals surface area contributed by atoms with Gasteiger partial charge in [-0.15, -0.1) is 0 Å². The molecule has 6 nitrogen and oxygen atoms in total. The zero-order chi connectivity index (χ0) is 12.6. The Hall–Kier alpha value is -1.05. The molecule has 0 amide bonds. The van der Waals surface area contributed by atoms with Gasteiger partial charge in [0.15, 0.2) is 12.1 Å². The van der Waals surface area contributed by atoms with E-state index >= 15 is 0 Å². The van der Waals surface area contributed by atoms with Crippen LogP contribution < -0.4 is 5.73 Å². The molecule has 0 saturated carbocycles. The van der Waals surface area contributed by atoms with Gasteiger partial charge in [0.2, 0.25) is 0 Å². The van der Waals surface area contributed by atoms with E-state index in [0.717, 1.165) is 3.57 Å². The number of nitrogens with zero attached hydrogens (tertiary/aromatic N) is 5. The fourth-order valence-electron chi connectivity index (χ4n) is 1.44. The van der Waals surface area contributed by atoms with Crippen molar-refractivity contribution in [2.75, 3.05) is 0 Å². The lowest BCUT2D eigenvalue weighted by atomic mass is 10.2. The summed E-state index contributed by atoms with van der Waals surface area (Å²) in [4.78, 5) is 4.21. The molecule has 0 spiro atoms. The van der Waals surface area contributed by atoms with Gasteiger partial charge in [0.1, 0.15) is 11.6 Å². The van der Waals surface area contributed by atoms with Gasteiger partial charge in [-0.3, -0.25) is 10.0 Å². The molecule has 0 aromatic carbocycles. The molecule has 1 aromatic rings. The molecule has 0 saturated heterocycles. The van der Waals surface area contributed by atoms with Gasteiger partial charge in [0.05, 0.1) is 9.77 Å². The second-order valence-corrected chi connectivity index (χ2v) is 5.06. The van der Waals surface area contributed by atoms with Crippen LogP contribution in [0.4, 0.5) is 0 Å². The van der Waals surface area contributed by atoms with Gasteiger partial charge < -0.3 is 0 Å². The second kappa shape index (κ2) is 4.67. The zero-order valence-electron chi connectivity index (χ0n) is 8.87. The quantitative estimate of drug-likeness (QED) is 0.533. The van der Waals surface area contributed by atoms with Crippen LogP contribution in [0.5, 0.6) is 0 Å². The highest BCUT2D eigenvalue weighted by Crippen LogP contribution is 2.21. The number of nitriles is 1. The third-order valence-corrected chi connectivity index (χ3v) is 3.41. The third kappa shape index (κ3) is 2.18. The van der Waals surface area contributed by atoms with Crippen molar-refractivity contribution in [1.29, 1.82) is 5.26 Å². The Balaban J connectivity index is 2.53. The van der Waals surface area contributed by atoms with Crippen molar-refractivity contribution in [2.45, 2.75) is 13.2 Å². The molecule has 2 rings (SSSR count). The lowest BCUT2D eigenvalue weighted by Crippen LogP contribution is -2.39. The fraction of sp³-hybridized carbons (Fsp3) is 0.222. The maximum Gasteiger partial charge on any atom is 0.185 e. The Bertz CT molecular complexity index is 554. The fourth-order valence-corrected chi connectivity index (χ4v) is 1.98. The van der Waals surface area contributed by atoms with Crippen LogP contribution in [0.2, 0.25) is 0 Å². The number of hydrogen-bond acceptors (Lipinski definition) is 6. The van der Waals surface area contributed by atoms with E-state index < -0.39 is 6.29 Å². The number of rotatable bonds is 0. The van der Waals surface area contributed by atoms with Gasteiger partial charge in [-0.05, 0) is 29.5 Å². The Labute approximate surface area is 117 Å². The smallest absolute Gasteiger partial charge is 0.185 e. The van der Waals surface area contributed by atoms with Crippen molar-refractivity contribution in [3.05, 3.63) is 27.2 Å². The highest BCUT2D eigenvalue weighted by atomic mass is 127. The van der Waals surface area contributed by atoms with Crippen molar-refractivity contribution in [2.24, 2.45) is 10.7 Å². The van der Waals surface area contributed by atoms with Crippen molar-refractivity contribution in [3.8, 4) is 6.07 Å². The minimum absolute atomic E-state index is 0.418. The molecule has 2 N–H and O–H groups in total. The van der Waals surface area contributed by atoms with Crippen LogP contribution in [0.1, 0.15) is 6.92 Å². The van der Waals surface area contributed by atoms with Crippen LogP contribution in [0.25, 0.3) is 0 Å². The molecule has 0 aliphatic carbocycles. The molecule has 2 heterocycles. The first-order chi connectivity index (χ1) is 8.04. The number of aliphatic imine (C=N–C) groups is 1. The largest absolute Gasteiger partial charge is 0.292 e.